The van der Waals surface area contributed by atoms with Crippen LogP contribution in [0.15, 0.2) is 24.3 Å². The first-order valence-electron chi connectivity index (χ1n) is 9.51. The Bertz CT molecular complexity index is 558. The van der Waals surface area contributed by atoms with E-state index < -0.39 is 0 Å². The summed E-state index contributed by atoms with van der Waals surface area (Å²) in [5.74, 6) is 0. The van der Waals surface area contributed by atoms with Crippen LogP contribution in [0.3, 0.4) is 0 Å². The molecule has 0 aliphatic carbocycles. The molecule has 0 aromatic heterocycles. The van der Waals surface area contributed by atoms with Crippen molar-refractivity contribution >= 4 is 5.69 Å². The monoisotopic (exact) mass is 347 g/mol. The highest BCUT2D eigenvalue weighted by Gasteiger charge is 2.27. The number of rotatable bonds is 4. The number of ether oxygens (including phenoxy) is 1. The molecule has 4 atom stereocenters. The number of morpholine rings is 1. The van der Waals surface area contributed by atoms with E-state index in [0.29, 0.717) is 12.6 Å². The molecule has 1 fully saturated rings. The number of anilines is 1. The third-order valence-corrected chi connectivity index (χ3v) is 5.35. The number of hydrogen-bond acceptors (Lipinski definition) is 5. The van der Waals surface area contributed by atoms with Crippen molar-refractivity contribution < 1.29 is 9.84 Å². The highest BCUT2D eigenvalue weighted by Crippen LogP contribution is 2.26. The maximum atomic E-state index is 10.7. The lowest BCUT2D eigenvalue weighted by atomic mass is 10.1. The van der Waals surface area contributed by atoms with Gasteiger partial charge in [0.15, 0.2) is 0 Å². The summed E-state index contributed by atoms with van der Waals surface area (Å²) < 4.78 is 5.79. The predicted molar refractivity (Wildman–Crippen MR) is 102 cm³/mol. The average molecular weight is 348 g/mol. The number of hydrogen-bond donors (Lipinski definition) is 1. The molecule has 2 aliphatic rings. The fourth-order valence-electron chi connectivity index (χ4n) is 4.31. The minimum atomic E-state index is -0.337. The molecule has 5 heteroatoms. The van der Waals surface area contributed by atoms with Crippen molar-refractivity contribution in [3.05, 3.63) is 29.8 Å². The van der Waals surface area contributed by atoms with Crippen LogP contribution in [0.5, 0.6) is 0 Å². The average Bonchev–Trinajstić information content (AvgIpc) is 2.64. The first kappa shape index (κ1) is 18.6. The molecule has 0 amide bonds. The number of aliphatic hydroxyl groups is 1. The Kier molecular flexibility index (Phi) is 6.00. The summed E-state index contributed by atoms with van der Waals surface area (Å²) >= 11 is 0. The van der Waals surface area contributed by atoms with E-state index >= 15 is 0 Å². The molecule has 1 saturated heterocycles. The van der Waals surface area contributed by atoms with Crippen molar-refractivity contribution in [2.45, 2.75) is 51.7 Å². The first-order chi connectivity index (χ1) is 11.9. The standard InChI is InChI=1S/C20H33N3O2/c1-15-9-21(4)20-8-6-5-7-18(20)12-23(15)14-19(24)13-22-10-16(2)25-17(3)11-22/h5-8,15-17,19,24H,9-14H2,1-4H3. The van der Waals surface area contributed by atoms with Gasteiger partial charge >= 0.3 is 0 Å². The van der Waals surface area contributed by atoms with Gasteiger partial charge in [-0.25, -0.2) is 0 Å². The number of para-hydroxylation sites is 1. The highest BCUT2D eigenvalue weighted by molar-refractivity contribution is 5.53. The second-order valence-corrected chi connectivity index (χ2v) is 7.92. The van der Waals surface area contributed by atoms with Gasteiger partial charge in [-0.3, -0.25) is 9.80 Å². The Balaban J connectivity index is 1.61. The van der Waals surface area contributed by atoms with E-state index in [-0.39, 0.29) is 18.3 Å². The Hall–Kier alpha value is -1.14. The minimum Gasteiger partial charge on any atom is -0.390 e. The predicted octanol–water partition coefficient (Wildman–Crippen LogP) is 1.80. The first-order valence-corrected chi connectivity index (χ1v) is 9.51. The molecular formula is C20H33N3O2. The van der Waals surface area contributed by atoms with E-state index in [0.717, 1.165) is 32.7 Å². The van der Waals surface area contributed by atoms with Crippen molar-refractivity contribution in [2.24, 2.45) is 0 Å². The zero-order valence-electron chi connectivity index (χ0n) is 16.1. The molecule has 140 valence electrons. The normalized spacial score (nSPS) is 30.0. The third kappa shape index (κ3) is 4.73. The minimum absolute atomic E-state index is 0.244. The molecule has 3 rings (SSSR count). The fraction of sp³-hybridized carbons (Fsp3) is 0.700. The summed E-state index contributed by atoms with van der Waals surface area (Å²) in [6.07, 6.45) is 0.151. The van der Waals surface area contributed by atoms with Gasteiger partial charge in [-0.1, -0.05) is 18.2 Å². The molecule has 1 aromatic rings. The third-order valence-electron chi connectivity index (χ3n) is 5.35. The second-order valence-electron chi connectivity index (χ2n) is 7.92. The van der Waals surface area contributed by atoms with Crippen LogP contribution in [0, 0.1) is 0 Å². The molecule has 0 saturated carbocycles. The lowest BCUT2D eigenvalue weighted by Gasteiger charge is -2.37. The molecule has 1 aromatic carbocycles. The van der Waals surface area contributed by atoms with Gasteiger partial charge in [0.25, 0.3) is 0 Å². The van der Waals surface area contributed by atoms with Crippen molar-refractivity contribution in [3.63, 3.8) is 0 Å². The lowest BCUT2D eigenvalue weighted by molar-refractivity contribution is -0.0786. The molecule has 4 unspecified atom stereocenters. The summed E-state index contributed by atoms with van der Waals surface area (Å²) in [6.45, 7) is 11.6. The molecule has 5 nitrogen and oxygen atoms in total. The van der Waals surface area contributed by atoms with Crippen LogP contribution in [-0.4, -0.2) is 79.0 Å². The Labute approximate surface area is 152 Å². The van der Waals surface area contributed by atoms with Crippen LogP contribution in [0.1, 0.15) is 26.3 Å². The highest BCUT2D eigenvalue weighted by atomic mass is 16.5. The number of β-amino-alcohol motifs (C(OH)–C–C–N with tert-alkyl or cyclic N) is 1. The molecule has 0 radical (unpaired) electrons. The zero-order chi connectivity index (χ0) is 18.0. The van der Waals surface area contributed by atoms with Crippen LogP contribution >= 0.6 is 0 Å². The van der Waals surface area contributed by atoms with E-state index in [9.17, 15) is 5.11 Å². The number of aliphatic hydroxyl groups excluding tert-OH is 1. The number of nitrogens with zero attached hydrogens (tertiary/aromatic N) is 3. The van der Waals surface area contributed by atoms with Crippen molar-refractivity contribution in [1.29, 1.82) is 0 Å². The van der Waals surface area contributed by atoms with Gasteiger partial charge in [-0.15, -0.1) is 0 Å². The molecule has 0 spiro atoms. The maximum absolute atomic E-state index is 10.7. The van der Waals surface area contributed by atoms with Gasteiger partial charge in [0.2, 0.25) is 0 Å². The van der Waals surface area contributed by atoms with Crippen LogP contribution in [-0.2, 0) is 11.3 Å². The quantitative estimate of drug-likeness (QED) is 0.899. The lowest BCUT2D eigenvalue weighted by Crippen LogP contribution is -2.50. The van der Waals surface area contributed by atoms with E-state index in [1.54, 1.807) is 0 Å². The van der Waals surface area contributed by atoms with Gasteiger partial charge in [0, 0.05) is 58.0 Å². The molecule has 2 aliphatic heterocycles. The largest absolute Gasteiger partial charge is 0.390 e. The SMILES string of the molecule is CC1CN(CC(O)CN2Cc3ccccc3N(C)CC2C)CC(C)O1. The number of likely N-dealkylation sites (N-methyl/N-ethyl adjacent to an activating group) is 1. The Morgan fingerprint density at radius 2 is 1.76 bits per heavy atom. The smallest absolute Gasteiger partial charge is 0.0794 e. The second kappa shape index (κ2) is 8.04. The number of benzene rings is 1. The van der Waals surface area contributed by atoms with Crippen LogP contribution in [0.4, 0.5) is 5.69 Å². The Morgan fingerprint density at radius 1 is 1.08 bits per heavy atom. The summed E-state index contributed by atoms with van der Waals surface area (Å²) in [5.41, 5.74) is 2.65. The van der Waals surface area contributed by atoms with Gasteiger partial charge in [-0.2, -0.15) is 0 Å². The van der Waals surface area contributed by atoms with Crippen molar-refractivity contribution in [2.75, 3.05) is 44.7 Å². The number of fused-ring (bicyclic) bond motifs is 1. The molecule has 0 bridgehead atoms. The van der Waals surface area contributed by atoms with Crippen LogP contribution in [0.2, 0.25) is 0 Å². The topological polar surface area (TPSA) is 39.2 Å². The maximum Gasteiger partial charge on any atom is 0.0794 e. The molecule has 1 N–H and O–H groups in total. The summed E-state index contributed by atoms with van der Waals surface area (Å²) in [4.78, 5) is 7.09. The fourth-order valence-corrected chi connectivity index (χ4v) is 4.31. The molecule has 25 heavy (non-hydrogen) atoms. The van der Waals surface area contributed by atoms with Crippen molar-refractivity contribution in [1.82, 2.24) is 9.80 Å². The molecular weight excluding hydrogens is 314 g/mol. The summed E-state index contributed by atoms with van der Waals surface area (Å²) in [5, 5.41) is 10.7. The van der Waals surface area contributed by atoms with Gasteiger partial charge in [0.1, 0.15) is 0 Å². The summed E-state index contributed by atoms with van der Waals surface area (Å²) in [7, 11) is 2.16. The van der Waals surface area contributed by atoms with Crippen molar-refractivity contribution in [3.8, 4) is 0 Å². The van der Waals surface area contributed by atoms with E-state index in [1.807, 2.05) is 0 Å². The van der Waals surface area contributed by atoms with Gasteiger partial charge < -0.3 is 14.7 Å². The Morgan fingerprint density at radius 3 is 2.48 bits per heavy atom. The van der Waals surface area contributed by atoms with Crippen LogP contribution < -0.4 is 4.90 Å². The summed E-state index contributed by atoms with van der Waals surface area (Å²) in [6, 6.07) is 9.01. The van der Waals surface area contributed by atoms with Gasteiger partial charge in [0.05, 0.1) is 18.3 Å². The molecule has 2 heterocycles. The van der Waals surface area contributed by atoms with E-state index in [4.69, 9.17) is 4.74 Å². The van der Waals surface area contributed by atoms with E-state index in [1.165, 1.54) is 11.3 Å². The zero-order valence-corrected chi connectivity index (χ0v) is 16.1. The van der Waals surface area contributed by atoms with E-state index in [2.05, 4.69) is 66.8 Å². The van der Waals surface area contributed by atoms with Crippen LogP contribution in [0.25, 0.3) is 0 Å². The van der Waals surface area contributed by atoms with Gasteiger partial charge in [-0.05, 0) is 32.4 Å².